The molecule has 162 valence electrons. The fourth-order valence-electron chi connectivity index (χ4n) is 3.27. The molecule has 0 bridgehead atoms. The molecule has 1 aliphatic heterocycles. The normalized spacial score (nSPS) is 17.9. The summed E-state index contributed by atoms with van der Waals surface area (Å²) in [5.74, 6) is 0. The van der Waals surface area contributed by atoms with Gasteiger partial charge in [0.1, 0.15) is 13.2 Å². The number of amides is 2. The Morgan fingerprint density at radius 1 is 1.17 bits per heavy atom. The predicted octanol–water partition coefficient (Wildman–Crippen LogP) is 4.16. The van der Waals surface area contributed by atoms with E-state index in [0.717, 1.165) is 11.1 Å². The van der Waals surface area contributed by atoms with Crippen molar-refractivity contribution in [3.05, 3.63) is 60.7 Å². The number of hydrogen-bond acceptors (Lipinski definition) is 6. The van der Waals surface area contributed by atoms with E-state index < -0.39 is 12.2 Å². The van der Waals surface area contributed by atoms with Crippen LogP contribution < -0.4 is 0 Å². The Morgan fingerprint density at radius 2 is 1.80 bits per heavy atom. The second-order valence-corrected chi connectivity index (χ2v) is 8.44. The van der Waals surface area contributed by atoms with E-state index in [0.29, 0.717) is 19.5 Å². The van der Waals surface area contributed by atoms with Crippen molar-refractivity contribution >= 4 is 29.1 Å². The number of carbonyl (C=O) groups excluding carboxylic acids is 3. The molecule has 7 nitrogen and oxygen atoms in total. The summed E-state index contributed by atoms with van der Waals surface area (Å²) in [6.07, 6.45) is 2.87. The number of ether oxygens (including phenoxy) is 2. The van der Waals surface area contributed by atoms with E-state index >= 15 is 0 Å². The molecule has 30 heavy (non-hydrogen) atoms. The Labute approximate surface area is 181 Å². The van der Waals surface area contributed by atoms with Crippen LogP contribution in [0.4, 0.5) is 9.59 Å². The summed E-state index contributed by atoms with van der Waals surface area (Å²) >= 11 is 1.25. The van der Waals surface area contributed by atoms with Crippen molar-refractivity contribution in [3.8, 4) is 0 Å². The van der Waals surface area contributed by atoms with Crippen molar-refractivity contribution in [3.63, 3.8) is 0 Å². The van der Waals surface area contributed by atoms with E-state index in [2.05, 4.69) is 13.2 Å². The van der Waals surface area contributed by atoms with Gasteiger partial charge in [0.05, 0.1) is 6.04 Å². The smallest absolute Gasteiger partial charge is 0.410 e. The molecule has 2 amide bonds. The molecule has 2 rings (SSSR count). The minimum absolute atomic E-state index is 0.0224. The maximum Gasteiger partial charge on any atom is 0.410 e. The number of likely N-dealkylation sites (tertiary alicyclic amines) is 1. The van der Waals surface area contributed by atoms with Crippen molar-refractivity contribution in [1.82, 2.24) is 9.80 Å². The van der Waals surface area contributed by atoms with Crippen LogP contribution in [-0.2, 0) is 20.8 Å². The lowest BCUT2D eigenvalue weighted by atomic mass is 10.0. The molecule has 1 aromatic carbocycles. The molecule has 0 radical (unpaired) electrons. The van der Waals surface area contributed by atoms with E-state index in [9.17, 15) is 14.4 Å². The predicted molar refractivity (Wildman–Crippen MR) is 117 cm³/mol. The van der Waals surface area contributed by atoms with Crippen LogP contribution in [0.3, 0.4) is 0 Å². The molecule has 0 N–H and O–H groups in total. The summed E-state index contributed by atoms with van der Waals surface area (Å²) in [5.41, 5.74) is 1.89. The van der Waals surface area contributed by atoms with Crippen LogP contribution in [0.2, 0.25) is 0 Å². The number of rotatable bonds is 8. The summed E-state index contributed by atoms with van der Waals surface area (Å²) in [7, 11) is 1.66. The van der Waals surface area contributed by atoms with E-state index in [1.165, 1.54) is 35.7 Å². The summed E-state index contributed by atoms with van der Waals surface area (Å²) in [5, 5.41) is 0.0519. The highest BCUT2D eigenvalue weighted by molar-refractivity contribution is 8.14. The van der Waals surface area contributed by atoms with Crippen LogP contribution in [0.5, 0.6) is 0 Å². The molecule has 0 spiro atoms. The number of nitrogens with zero attached hydrogens (tertiary/aromatic N) is 2. The Morgan fingerprint density at radius 3 is 2.40 bits per heavy atom. The molecule has 1 fully saturated rings. The lowest BCUT2D eigenvalue weighted by Crippen LogP contribution is -2.32. The SMILES string of the molecule is C=CCOC(=O)N(C)Cc1ccc(C2C[C@H](SC(C)=O)CN2C(=O)OCC=C)cc1. The van der Waals surface area contributed by atoms with Gasteiger partial charge in [-0.3, -0.25) is 4.79 Å². The van der Waals surface area contributed by atoms with E-state index in [4.69, 9.17) is 9.47 Å². The Bertz CT molecular complexity index is 780. The molecule has 1 unspecified atom stereocenters. The van der Waals surface area contributed by atoms with Crippen LogP contribution in [0, 0.1) is 0 Å². The summed E-state index contributed by atoms with van der Waals surface area (Å²) < 4.78 is 10.2. The number of hydrogen-bond donors (Lipinski definition) is 0. The van der Waals surface area contributed by atoms with Crippen molar-refractivity contribution in [2.75, 3.05) is 26.8 Å². The summed E-state index contributed by atoms with van der Waals surface area (Å²) in [4.78, 5) is 39.0. The molecule has 0 saturated carbocycles. The van der Waals surface area contributed by atoms with E-state index in [1.807, 2.05) is 24.3 Å². The third-order valence-electron chi connectivity index (χ3n) is 4.58. The zero-order chi connectivity index (χ0) is 22.1. The molecule has 1 saturated heterocycles. The van der Waals surface area contributed by atoms with Gasteiger partial charge in [0.25, 0.3) is 0 Å². The Hall–Kier alpha value is -2.74. The van der Waals surface area contributed by atoms with E-state index in [-0.39, 0.29) is 29.6 Å². The van der Waals surface area contributed by atoms with Gasteiger partial charge in [0.15, 0.2) is 5.12 Å². The van der Waals surface area contributed by atoms with Crippen LogP contribution in [-0.4, -0.2) is 59.2 Å². The highest BCUT2D eigenvalue weighted by Crippen LogP contribution is 2.38. The van der Waals surface area contributed by atoms with Gasteiger partial charge in [-0.05, 0) is 17.5 Å². The van der Waals surface area contributed by atoms with Crippen LogP contribution in [0.15, 0.2) is 49.6 Å². The van der Waals surface area contributed by atoms with Crippen LogP contribution in [0.25, 0.3) is 0 Å². The summed E-state index contributed by atoms with van der Waals surface area (Å²) in [6.45, 7) is 9.77. The first-order valence-electron chi connectivity index (χ1n) is 9.64. The minimum Gasteiger partial charge on any atom is -0.445 e. The van der Waals surface area contributed by atoms with Gasteiger partial charge in [-0.1, -0.05) is 61.3 Å². The second kappa shape index (κ2) is 11.4. The van der Waals surface area contributed by atoms with Crippen molar-refractivity contribution in [2.24, 2.45) is 0 Å². The lowest BCUT2D eigenvalue weighted by Gasteiger charge is -2.24. The number of carbonyl (C=O) groups is 3. The molecule has 1 aromatic rings. The molecule has 0 aromatic heterocycles. The lowest BCUT2D eigenvalue weighted by molar-refractivity contribution is -0.109. The van der Waals surface area contributed by atoms with E-state index in [1.54, 1.807) is 11.9 Å². The highest BCUT2D eigenvalue weighted by atomic mass is 32.2. The third kappa shape index (κ3) is 6.66. The third-order valence-corrected chi connectivity index (χ3v) is 5.58. The number of thioether (sulfide) groups is 1. The van der Waals surface area contributed by atoms with Crippen molar-refractivity contribution < 1.29 is 23.9 Å². The Kier molecular flexibility index (Phi) is 8.98. The van der Waals surface area contributed by atoms with Gasteiger partial charge in [-0.2, -0.15) is 0 Å². The fraction of sp³-hybridized carbons (Fsp3) is 0.409. The van der Waals surface area contributed by atoms with Crippen LogP contribution >= 0.6 is 11.8 Å². The standard InChI is InChI=1S/C22H28N2O5S/c1-5-11-28-21(26)23(4)14-17-7-9-18(10-8-17)20-13-19(30-16(3)25)15-24(20)22(27)29-12-6-2/h5-10,19-20H,1-2,11-15H2,3-4H3/t19-,20?/m0/s1. The van der Waals surface area contributed by atoms with Gasteiger partial charge in [0, 0.05) is 32.3 Å². The average molecular weight is 433 g/mol. The topological polar surface area (TPSA) is 76.2 Å². The Balaban J connectivity index is 2.09. The first-order chi connectivity index (χ1) is 14.3. The van der Waals surface area contributed by atoms with Gasteiger partial charge in [-0.25, -0.2) is 9.59 Å². The largest absolute Gasteiger partial charge is 0.445 e. The maximum absolute atomic E-state index is 12.5. The molecular weight excluding hydrogens is 404 g/mol. The van der Waals surface area contributed by atoms with Crippen LogP contribution in [0.1, 0.15) is 30.5 Å². The van der Waals surface area contributed by atoms with Crippen molar-refractivity contribution in [2.45, 2.75) is 31.2 Å². The molecule has 8 heteroatoms. The van der Waals surface area contributed by atoms with Gasteiger partial charge >= 0.3 is 12.2 Å². The fourth-order valence-corrected chi connectivity index (χ4v) is 4.26. The average Bonchev–Trinajstić information content (AvgIpc) is 3.13. The molecule has 2 atom stereocenters. The molecule has 0 aliphatic carbocycles. The zero-order valence-corrected chi connectivity index (χ0v) is 18.2. The first kappa shape index (κ1) is 23.5. The second-order valence-electron chi connectivity index (χ2n) is 6.96. The molecule has 1 aliphatic rings. The minimum atomic E-state index is -0.421. The molecular formula is C22H28N2O5S. The monoisotopic (exact) mass is 432 g/mol. The van der Waals surface area contributed by atoms with Gasteiger partial charge < -0.3 is 19.3 Å². The summed E-state index contributed by atoms with van der Waals surface area (Å²) in [6, 6.07) is 7.55. The van der Waals surface area contributed by atoms with Gasteiger partial charge in [0.2, 0.25) is 0 Å². The first-order valence-corrected chi connectivity index (χ1v) is 10.5. The zero-order valence-electron chi connectivity index (χ0n) is 17.4. The van der Waals surface area contributed by atoms with Gasteiger partial charge in [-0.15, -0.1) is 0 Å². The molecule has 1 heterocycles. The maximum atomic E-state index is 12.5. The highest BCUT2D eigenvalue weighted by Gasteiger charge is 2.38. The number of benzene rings is 1. The quantitative estimate of drug-likeness (QED) is 0.574. The van der Waals surface area contributed by atoms with Crippen molar-refractivity contribution in [1.29, 1.82) is 0 Å².